The van der Waals surface area contributed by atoms with E-state index in [1.54, 1.807) is 6.07 Å². The van der Waals surface area contributed by atoms with Gasteiger partial charge in [-0.05, 0) is 18.1 Å². The van der Waals surface area contributed by atoms with Gasteiger partial charge < -0.3 is 14.9 Å². The van der Waals surface area contributed by atoms with Crippen molar-refractivity contribution in [2.75, 3.05) is 6.54 Å². The third kappa shape index (κ3) is 3.52. The molecule has 0 bridgehead atoms. The van der Waals surface area contributed by atoms with Crippen molar-refractivity contribution in [2.45, 2.75) is 13.0 Å². The molecule has 3 rings (SSSR count). The largest absolute Gasteiger partial charge is 0.387 e. The van der Waals surface area contributed by atoms with E-state index in [-0.39, 0.29) is 18.1 Å². The molecule has 0 aliphatic heterocycles. The van der Waals surface area contributed by atoms with E-state index in [4.69, 9.17) is 4.52 Å². The number of carbonyl (C=O) groups is 1. The number of aryl methyl sites for hydroxylation is 1. The fourth-order valence-corrected chi connectivity index (χ4v) is 2.47. The lowest BCUT2D eigenvalue weighted by Crippen LogP contribution is -2.28. The normalized spacial score (nSPS) is 11.9. The predicted molar refractivity (Wildman–Crippen MR) is 90.4 cm³/mol. The van der Waals surface area contributed by atoms with Crippen LogP contribution in [0.5, 0.6) is 0 Å². The highest BCUT2D eigenvalue weighted by atomic mass is 16.5. The van der Waals surface area contributed by atoms with Crippen LogP contribution in [0.15, 0.2) is 65.2 Å². The number of amides is 1. The van der Waals surface area contributed by atoms with Gasteiger partial charge in [-0.15, -0.1) is 0 Å². The van der Waals surface area contributed by atoms with Gasteiger partial charge in [-0.2, -0.15) is 0 Å². The van der Waals surface area contributed by atoms with Crippen molar-refractivity contribution < 1.29 is 14.4 Å². The quantitative estimate of drug-likeness (QED) is 0.757. The summed E-state index contributed by atoms with van der Waals surface area (Å²) in [5.41, 5.74) is 2.81. The Balaban J connectivity index is 1.64. The summed E-state index contributed by atoms with van der Waals surface area (Å²) in [5.74, 6) is 0.147. The average Bonchev–Trinajstić information content (AvgIpc) is 3.11. The topological polar surface area (TPSA) is 75.4 Å². The second-order valence-electron chi connectivity index (χ2n) is 5.52. The number of aromatic nitrogens is 1. The number of carbonyl (C=O) groups excluding carboxylic acids is 1. The summed E-state index contributed by atoms with van der Waals surface area (Å²) in [4.78, 5) is 12.2. The Kier molecular flexibility index (Phi) is 4.72. The molecule has 2 aromatic carbocycles. The van der Waals surface area contributed by atoms with Crippen molar-refractivity contribution in [1.82, 2.24) is 10.5 Å². The monoisotopic (exact) mass is 322 g/mol. The Morgan fingerprint density at radius 3 is 2.62 bits per heavy atom. The number of benzene rings is 2. The fraction of sp³-hybridized carbons (Fsp3) is 0.158. The van der Waals surface area contributed by atoms with Gasteiger partial charge in [0.1, 0.15) is 0 Å². The second kappa shape index (κ2) is 7.10. The fourth-order valence-electron chi connectivity index (χ4n) is 2.47. The highest BCUT2D eigenvalue weighted by Crippen LogP contribution is 2.20. The molecule has 0 saturated carbocycles. The van der Waals surface area contributed by atoms with Crippen molar-refractivity contribution in [1.29, 1.82) is 0 Å². The van der Waals surface area contributed by atoms with Crippen molar-refractivity contribution in [3.8, 4) is 11.3 Å². The molecule has 0 aliphatic carbocycles. The lowest BCUT2D eigenvalue weighted by atomic mass is 10.0. The predicted octanol–water partition coefficient (Wildman–Crippen LogP) is 3.11. The maximum atomic E-state index is 12.2. The maximum Gasteiger partial charge on any atom is 0.273 e. The standard InChI is InChI=1S/C19H18N2O3/c1-13-7-5-6-10-15(13)17(22)12-20-19(23)16-11-18(24-21-16)14-8-3-2-4-9-14/h2-11,17,22H,12H2,1H3,(H,20,23). The molecular weight excluding hydrogens is 304 g/mol. The molecule has 1 atom stereocenters. The first-order valence-electron chi connectivity index (χ1n) is 7.69. The molecule has 0 fully saturated rings. The summed E-state index contributed by atoms with van der Waals surface area (Å²) in [6.45, 7) is 2.03. The van der Waals surface area contributed by atoms with E-state index in [1.807, 2.05) is 61.5 Å². The molecule has 0 saturated heterocycles. The van der Waals surface area contributed by atoms with E-state index < -0.39 is 6.10 Å². The Morgan fingerprint density at radius 1 is 1.17 bits per heavy atom. The van der Waals surface area contributed by atoms with Gasteiger partial charge in [0.05, 0.1) is 6.10 Å². The lowest BCUT2D eigenvalue weighted by molar-refractivity contribution is 0.0907. The number of aliphatic hydroxyl groups is 1. The van der Waals surface area contributed by atoms with Gasteiger partial charge in [0.15, 0.2) is 11.5 Å². The summed E-state index contributed by atoms with van der Waals surface area (Å²) in [7, 11) is 0. The van der Waals surface area contributed by atoms with Gasteiger partial charge in [0.2, 0.25) is 0 Å². The van der Waals surface area contributed by atoms with Crippen LogP contribution in [0, 0.1) is 6.92 Å². The molecule has 5 nitrogen and oxygen atoms in total. The third-order valence-corrected chi connectivity index (χ3v) is 3.80. The Morgan fingerprint density at radius 2 is 1.88 bits per heavy atom. The van der Waals surface area contributed by atoms with E-state index >= 15 is 0 Å². The first-order chi connectivity index (χ1) is 11.6. The average molecular weight is 322 g/mol. The highest BCUT2D eigenvalue weighted by molar-refractivity contribution is 5.93. The van der Waals surface area contributed by atoms with Crippen molar-refractivity contribution in [3.63, 3.8) is 0 Å². The number of rotatable bonds is 5. The van der Waals surface area contributed by atoms with Crippen LogP contribution in [-0.4, -0.2) is 22.7 Å². The molecule has 5 heteroatoms. The number of hydrogen-bond donors (Lipinski definition) is 2. The smallest absolute Gasteiger partial charge is 0.273 e. The maximum absolute atomic E-state index is 12.2. The molecule has 1 aromatic heterocycles. The van der Waals surface area contributed by atoms with E-state index in [9.17, 15) is 9.90 Å². The van der Waals surface area contributed by atoms with Gasteiger partial charge in [0, 0.05) is 18.2 Å². The first kappa shape index (κ1) is 16.0. The van der Waals surface area contributed by atoms with Gasteiger partial charge in [-0.25, -0.2) is 0 Å². The second-order valence-corrected chi connectivity index (χ2v) is 5.52. The lowest BCUT2D eigenvalue weighted by Gasteiger charge is -2.13. The summed E-state index contributed by atoms with van der Waals surface area (Å²) in [6.07, 6.45) is -0.768. The number of aliphatic hydroxyl groups excluding tert-OH is 1. The number of hydrogen-bond acceptors (Lipinski definition) is 4. The van der Waals surface area contributed by atoms with Crippen molar-refractivity contribution in [2.24, 2.45) is 0 Å². The Hall–Kier alpha value is -2.92. The van der Waals surface area contributed by atoms with Gasteiger partial charge in [-0.1, -0.05) is 59.8 Å². The minimum Gasteiger partial charge on any atom is -0.387 e. The van der Waals surface area contributed by atoms with Gasteiger partial charge >= 0.3 is 0 Å². The molecular formula is C19H18N2O3. The molecule has 1 heterocycles. The SMILES string of the molecule is Cc1ccccc1C(O)CNC(=O)c1cc(-c2ccccc2)on1. The van der Waals surface area contributed by atoms with Crippen LogP contribution in [0.4, 0.5) is 0 Å². The molecule has 3 aromatic rings. The van der Waals surface area contributed by atoms with Crippen LogP contribution in [0.3, 0.4) is 0 Å². The minimum absolute atomic E-state index is 0.108. The van der Waals surface area contributed by atoms with E-state index in [0.29, 0.717) is 5.76 Å². The van der Waals surface area contributed by atoms with Crippen LogP contribution >= 0.6 is 0 Å². The molecule has 1 unspecified atom stereocenters. The number of nitrogens with one attached hydrogen (secondary N) is 1. The summed E-state index contributed by atoms with van der Waals surface area (Å²) < 4.78 is 5.21. The van der Waals surface area contributed by atoms with Crippen LogP contribution in [0.1, 0.15) is 27.7 Å². The molecule has 1 amide bonds. The minimum atomic E-state index is -0.768. The molecule has 122 valence electrons. The van der Waals surface area contributed by atoms with Gasteiger partial charge in [-0.3, -0.25) is 4.79 Å². The Bertz CT molecular complexity index is 827. The highest BCUT2D eigenvalue weighted by Gasteiger charge is 2.16. The van der Waals surface area contributed by atoms with Gasteiger partial charge in [0.25, 0.3) is 5.91 Å². The van der Waals surface area contributed by atoms with Crippen molar-refractivity contribution >= 4 is 5.91 Å². The molecule has 0 spiro atoms. The van der Waals surface area contributed by atoms with Crippen LogP contribution in [0.2, 0.25) is 0 Å². The molecule has 24 heavy (non-hydrogen) atoms. The zero-order chi connectivity index (χ0) is 16.9. The summed E-state index contributed by atoms with van der Waals surface area (Å²) in [5, 5.41) is 16.7. The molecule has 0 aliphatic rings. The van der Waals surface area contributed by atoms with Crippen LogP contribution in [-0.2, 0) is 0 Å². The van der Waals surface area contributed by atoms with E-state index in [0.717, 1.165) is 16.7 Å². The first-order valence-corrected chi connectivity index (χ1v) is 7.69. The Labute approximate surface area is 139 Å². The zero-order valence-corrected chi connectivity index (χ0v) is 13.3. The third-order valence-electron chi connectivity index (χ3n) is 3.80. The summed E-state index contributed by atoms with van der Waals surface area (Å²) >= 11 is 0. The zero-order valence-electron chi connectivity index (χ0n) is 13.3. The number of nitrogens with zero attached hydrogens (tertiary/aromatic N) is 1. The molecule has 0 radical (unpaired) electrons. The van der Waals surface area contributed by atoms with E-state index in [1.165, 1.54) is 0 Å². The van der Waals surface area contributed by atoms with E-state index in [2.05, 4.69) is 10.5 Å². The molecule has 2 N–H and O–H groups in total. The van der Waals surface area contributed by atoms with Crippen LogP contribution < -0.4 is 5.32 Å². The van der Waals surface area contributed by atoms with Crippen LogP contribution in [0.25, 0.3) is 11.3 Å². The summed E-state index contributed by atoms with van der Waals surface area (Å²) in [6, 6.07) is 18.5. The van der Waals surface area contributed by atoms with Crippen molar-refractivity contribution in [3.05, 3.63) is 77.5 Å².